The summed E-state index contributed by atoms with van der Waals surface area (Å²) in [7, 11) is 0. The largest absolute Gasteiger partial charge is 0.310 e. The second kappa shape index (κ2) is 14.8. The normalized spacial score (nSPS) is 18.4. The molecule has 1 aromatic heterocycles. The molecule has 2 nitrogen and oxygen atoms in total. The van der Waals surface area contributed by atoms with Crippen LogP contribution in [0.15, 0.2) is 87.6 Å². The predicted octanol–water partition coefficient (Wildman–Crippen LogP) is 16.9. The zero-order chi connectivity index (χ0) is 47.5. The minimum absolute atomic E-state index is 0.00604. The monoisotopic (exact) mass is 994 g/mol. The van der Waals surface area contributed by atoms with Gasteiger partial charge in [0, 0.05) is 37.6 Å². The lowest BCUT2D eigenvalue weighted by Crippen LogP contribution is -2.55. The standard InChI is InChI=1S/C60H76BIN2S/c1-35-25-46-49-47(26-35)64(42-31-39(57(11,12)13)28-40(32-42)58(14,15)16)53-45(34-44-51(62-53)60(19,20)24-23-59(44,17)18)61(49)52-50(43-22-21-36(54(2,3)4)33-48(43)65-52)63(46)41-29-37(55(5,6)7)27-38(30-41)56(8,9)10/h21-22,25-34H,23-24H2,1-20H3. The highest BCUT2D eigenvalue weighted by molar-refractivity contribution is 14.2. The van der Waals surface area contributed by atoms with Crippen molar-refractivity contribution in [2.45, 2.75) is 178 Å². The second-order valence-corrected chi connectivity index (χ2v) is 30.3. The fourth-order valence-corrected chi connectivity index (χ4v) is 16.1. The molecule has 9 rings (SSSR count). The van der Waals surface area contributed by atoms with Crippen LogP contribution in [0.1, 0.15) is 178 Å². The SMILES string of the molecule is Cc1cc2c3c(c1)N(c1cc(C(C)(C)C)cc(C(C)(C)C)c1)c1c(sc4cc(C(C)(C)C)ccc14)B3C1=C(I=C3C(=C1)C(C)(C)CCC3(C)C)N2c1cc(C(C)(C)C)cc(C(C)(C)C)c1. The summed E-state index contributed by atoms with van der Waals surface area (Å²) in [6, 6.07) is 27.7. The van der Waals surface area contributed by atoms with Crippen LogP contribution in [0.2, 0.25) is 0 Å². The summed E-state index contributed by atoms with van der Waals surface area (Å²) in [6.07, 6.45) is 5.22. The molecule has 0 atom stereocenters. The van der Waals surface area contributed by atoms with Crippen molar-refractivity contribution in [2.75, 3.05) is 9.80 Å². The van der Waals surface area contributed by atoms with E-state index in [-0.39, 0.29) is 44.6 Å². The van der Waals surface area contributed by atoms with Crippen LogP contribution in [0, 0.1) is 17.8 Å². The van der Waals surface area contributed by atoms with Gasteiger partial charge in [-0.3, -0.25) is 0 Å². The lowest BCUT2D eigenvalue weighted by atomic mass is 9.36. The van der Waals surface area contributed by atoms with Gasteiger partial charge in [-0.15, -0.1) is 11.3 Å². The third kappa shape index (κ3) is 7.87. The number of anilines is 5. The maximum absolute atomic E-state index is 2.81. The highest BCUT2D eigenvalue weighted by Crippen LogP contribution is 2.57. The van der Waals surface area contributed by atoms with Gasteiger partial charge in [0.15, 0.2) is 0 Å². The first kappa shape index (κ1) is 46.7. The molecule has 0 N–H and O–H groups in total. The number of allylic oxidation sites excluding steroid dienone is 3. The molecule has 1 saturated carbocycles. The predicted molar refractivity (Wildman–Crippen MR) is 299 cm³/mol. The molecule has 1 fully saturated rings. The van der Waals surface area contributed by atoms with Gasteiger partial charge >= 0.3 is 0 Å². The van der Waals surface area contributed by atoms with Crippen molar-refractivity contribution in [3.63, 3.8) is 0 Å². The molecule has 342 valence electrons. The number of nitrogens with zero attached hydrogens (tertiary/aromatic N) is 2. The number of benzene rings is 4. The molecule has 5 aromatic rings. The van der Waals surface area contributed by atoms with E-state index in [1.165, 1.54) is 95.0 Å². The Morgan fingerprint density at radius 1 is 0.554 bits per heavy atom. The van der Waals surface area contributed by atoms with Crippen molar-refractivity contribution in [2.24, 2.45) is 10.8 Å². The Balaban J connectivity index is 1.47. The number of rotatable bonds is 2. The van der Waals surface area contributed by atoms with Crippen LogP contribution in [0.25, 0.3) is 10.1 Å². The zero-order valence-corrected chi connectivity index (χ0v) is 46.6. The number of halogens is 1. The number of aryl methyl sites for hydroxylation is 1. The Labute approximate surface area is 408 Å². The average molecular weight is 995 g/mol. The van der Waals surface area contributed by atoms with Gasteiger partial charge in [-0.2, -0.15) is 0 Å². The molecule has 4 aliphatic rings. The summed E-state index contributed by atoms with van der Waals surface area (Å²) in [5.41, 5.74) is 19.8. The molecular formula is C60H76BIN2S. The summed E-state index contributed by atoms with van der Waals surface area (Å²) in [5, 5.41) is 1.37. The van der Waals surface area contributed by atoms with Gasteiger partial charge < -0.3 is 9.80 Å². The maximum Gasteiger partial charge on any atom is 0.265 e. The zero-order valence-electron chi connectivity index (χ0n) is 43.6. The van der Waals surface area contributed by atoms with Gasteiger partial charge in [-0.1, -0.05) is 183 Å². The molecule has 0 saturated heterocycles. The molecule has 0 amide bonds. The van der Waals surface area contributed by atoms with E-state index < -0.39 is 20.7 Å². The van der Waals surface area contributed by atoms with Crippen LogP contribution in [-0.2, 0) is 27.1 Å². The van der Waals surface area contributed by atoms with E-state index in [0.29, 0.717) is 0 Å². The molecule has 3 aliphatic heterocycles. The van der Waals surface area contributed by atoms with Crippen molar-refractivity contribution < 1.29 is 0 Å². The van der Waals surface area contributed by atoms with Crippen LogP contribution >= 0.6 is 32.1 Å². The van der Waals surface area contributed by atoms with E-state index in [9.17, 15) is 0 Å². The van der Waals surface area contributed by atoms with Gasteiger partial charge in [0.2, 0.25) is 0 Å². The maximum atomic E-state index is 2.81. The highest BCUT2D eigenvalue weighted by Gasteiger charge is 2.50. The molecule has 1 aliphatic carbocycles. The number of fused-ring (bicyclic) bond motifs is 6. The molecular weight excluding hydrogens is 918 g/mol. The molecule has 5 heteroatoms. The minimum atomic E-state index is -0.538. The first-order valence-electron chi connectivity index (χ1n) is 24.4. The van der Waals surface area contributed by atoms with Crippen LogP contribution in [0.3, 0.4) is 0 Å². The van der Waals surface area contributed by atoms with Gasteiger partial charge in [0.05, 0.1) is 9.39 Å². The summed E-state index contributed by atoms with van der Waals surface area (Å²) in [6.45, 7) is 48.3. The Morgan fingerprint density at radius 2 is 1.02 bits per heavy atom. The number of hydrogen-bond acceptors (Lipinski definition) is 3. The number of thiophene rings is 1. The van der Waals surface area contributed by atoms with Crippen molar-refractivity contribution >= 4 is 91.1 Å². The molecule has 4 aromatic carbocycles. The van der Waals surface area contributed by atoms with Gasteiger partial charge in [0.25, 0.3) is 6.71 Å². The first-order chi connectivity index (χ1) is 29.8. The highest BCUT2D eigenvalue weighted by atomic mass is 127. The van der Waals surface area contributed by atoms with Crippen LogP contribution < -0.4 is 20.0 Å². The fraction of sp³-hybridized carbons (Fsp3) is 0.483. The van der Waals surface area contributed by atoms with Gasteiger partial charge in [-0.25, -0.2) is 0 Å². The average Bonchev–Trinajstić information content (AvgIpc) is 3.55. The van der Waals surface area contributed by atoms with Crippen LogP contribution in [0.4, 0.5) is 28.4 Å². The summed E-state index contributed by atoms with van der Waals surface area (Å²) in [4.78, 5) is 5.54. The lowest BCUT2D eigenvalue weighted by molar-refractivity contribution is 0.310. The Morgan fingerprint density at radius 3 is 1.51 bits per heavy atom. The van der Waals surface area contributed by atoms with E-state index in [0.717, 1.165) is 0 Å². The first-order valence-corrected chi connectivity index (χ1v) is 27.4. The van der Waals surface area contributed by atoms with Crippen molar-refractivity contribution in [1.29, 1.82) is 0 Å². The van der Waals surface area contributed by atoms with Crippen LogP contribution in [0.5, 0.6) is 0 Å². The van der Waals surface area contributed by atoms with Crippen molar-refractivity contribution in [3.8, 4) is 0 Å². The molecule has 65 heavy (non-hydrogen) atoms. The second-order valence-electron chi connectivity index (χ2n) is 26.6. The molecule has 0 unspecified atom stereocenters. The van der Waals surface area contributed by atoms with E-state index >= 15 is 0 Å². The summed E-state index contributed by atoms with van der Waals surface area (Å²) < 4.78 is 6.20. The molecule has 0 spiro atoms. The third-order valence-corrected chi connectivity index (χ3v) is 20.5. The smallest absolute Gasteiger partial charge is 0.265 e. The quantitative estimate of drug-likeness (QED) is 0.0988. The molecule has 0 bridgehead atoms. The topological polar surface area (TPSA) is 6.48 Å². The van der Waals surface area contributed by atoms with E-state index in [2.05, 4.69) is 232 Å². The Hall–Kier alpha value is -3.42. The van der Waals surface area contributed by atoms with E-state index in [4.69, 9.17) is 0 Å². The lowest BCUT2D eigenvalue weighted by Gasteiger charge is -2.49. The Kier molecular flexibility index (Phi) is 10.6. The fourth-order valence-electron chi connectivity index (χ4n) is 10.5. The van der Waals surface area contributed by atoms with Gasteiger partial charge in [0.1, 0.15) is 0 Å². The van der Waals surface area contributed by atoms with Crippen LogP contribution in [-0.4, -0.2) is 10.2 Å². The number of hydrogen-bond donors (Lipinski definition) is 0. The van der Waals surface area contributed by atoms with Gasteiger partial charge in [-0.05, 0) is 154 Å². The summed E-state index contributed by atoms with van der Waals surface area (Å²) in [5.74, 6) is 0. The minimum Gasteiger partial charge on any atom is -0.310 e. The summed E-state index contributed by atoms with van der Waals surface area (Å²) >= 11 is 1.53. The third-order valence-electron chi connectivity index (χ3n) is 15.1. The van der Waals surface area contributed by atoms with E-state index in [1.807, 2.05) is 0 Å². The van der Waals surface area contributed by atoms with Crippen molar-refractivity contribution in [3.05, 3.63) is 121 Å². The molecule has 4 heterocycles. The van der Waals surface area contributed by atoms with E-state index in [1.54, 1.807) is 18.3 Å². The van der Waals surface area contributed by atoms with Crippen molar-refractivity contribution in [1.82, 2.24) is 0 Å². The molecule has 0 radical (unpaired) electrons. The Bertz CT molecular complexity index is 2850.